The quantitative estimate of drug-likeness (QED) is 0.814. The Morgan fingerprint density at radius 1 is 1.18 bits per heavy atom. The number of anilines is 1. The summed E-state index contributed by atoms with van der Waals surface area (Å²) in [6, 6.07) is 10.6. The number of benzene rings is 1. The fraction of sp³-hybridized carbons (Fsp3) is 0.522. The minimum Gasteiger partial charge on any atom is -0.352 e. The summed E-state index contributed by atoms with van der Waals surface area (Å²) in [6.07, 6.45) is 3.15. The van der Waals surface area contributed by atoms with Gasteiger partial charge in [0, 0.05) is 49.3 Å². The van der Waals surface area contributed by atoms with Crippen molar-refractivity contribution in [1.29, 1.82) is 0 Å². The van der Waals surface area contributed by atoms with Gasteiger partial charge < -0.3 is 9.80 Å². The maximum atomic E-state index is 12.4. The van der Waals surface area contributed by atoms with E-state index in [-0.39, 0.29) is 17.7 Å². The average molecular weight is 379 g/mol. The molecule has 5 heteroatoms. The summed E-state index contributed by atoms with van der Waals surface area (Å²) in [4.78, 5) is 26.7. The zero-order valence-electron chi connectivity index (χ0n) is 17.2. The third-order valence-corrected chi connectivity index (χ3v) is 5.94. The summed E-state index contributed by atoms with van der Waals surface area (Å²) in [7, 11) is 0. The van der Waals surface area contributed by atoms with Crippen LogP contribution in [0.4, 0.5) is 5.82 Å². The second kappa shape index (κ2) is 7.90. The molecule has 2 aromatic rings. The Balaban J connectivity index is 1.59. The highest BCUT2D eigenvalue weighted by Crippen LogP contribution is 2.32. The van der Waals surface area contributed by atoms with Gasteiger partial charge in [-0.1, -0.05) is 44.2 Å². The number of rotatable bonds is 4. The molecule has 0 saturated carbocycles. The average Bonchev–Trinajstić information content (AvgIpc) is 3.19. The van der Waals surface area contributed by atoms with E-state index >= 15 is 0 Å². The molecule has 5 nitrogen and oxygen atoms in total. The Morgan fingerprint density at radius 3 is 2.71 bits per heavy atom. The molecule has 0 radical (unpaired) electrons. The predicted octanol–water partition coefficient (Wildman–Crippen LogP) is 3.71. The van der Waals surface area contributed by atoms with Crippen LogP contribution in [0.25, 0.3) is 0 Å². The van der Waals surface area contributed by atoms with Gasteiger partial charge in [0.25, 0.3) is 0 Å². The summed E-state index contributed by atoms with van der Waals surface area (Å²) in [5.41, 5.74) is 3.70. The highest BCUT2D eigenvalue weighted by molar-refractivity contribution is 5.78. The smallest absolute Gasteiger partial charge is 0.225 e. The molecule has 0 bridgehead atoms. The van der Waals surface area contributed by atoms with Crippen molar-refractivity contribution in [3.05, 3.63) is 53.0 Å². The summed E-state index contributed by atoms with van der Waals surface area (Å²) in [5, 5.41) is 0. The highest BCUT2D eigenvalue weighted by Gasteiger charge is 2.32. The Morgan fingerprint density at radius 2 is 1.96 bits per heavy atom. The SMILES string of the molecule is Cc1nc([C@H]2CCN(C(=O)C(C)C)C2)nc2c1CCCN2Cc1ccccc1. The molecule has 1 saturated heterocycles. The minimum absolute atomic E-state index is 0.0475. The monoisotopic (exact) mass is 378 g/mol. The third kappa shape index (κ3) is 3.75. The van der Waals surface area contributed by atoms with Crippen molar-refractivity contribution < 1.29 is 4.79 Å². The van der Waals surface area contributed by atoms with Gasteiger partial charge in [0.2, 0.25) is 5.91 Å². The summed E-state index contributed by atoms with van der Waals surface area (Å²) >= 11 is 0. The minimum atomic E-state index is 0.0475. The Labute approximate surface area is 167 Å². The number of amides is 1. The molecule has 28 heavy (non-hydrogen) atoms. The molecule has 1 atom stereocenters. The largest absolute Gasteiger partial charge is 0.352 e. The van der Waals surface area contributed by atoms with Crippen LogP contribution in [-0.4, -0.2) is 40.4 Å². The Bertz CT molecular complexity index is 849. The van der Waals surface area contributed by atoms with Crippen LogP contribution < -0.4 is 4.90 Å². The van der Waals surface area contributed by atoms with Crippen LogP contribution in [-0.2, 0) is 17.8 Å². The normalized spacial score (nSPS) is 19.2. The molecule has 1 aromatic carbocycles. The maximum Gasteiger partial charge on any atom is 0.225 e. The van der Waals surface area contributed by atoms with Crippen LogP contribution in [0.3, 0.4) is 0 Å². The Hall–Kier alpha value is -2.43. The number of fused-ring (bicyclic) bond motifs is 1. The molecule has 0 aliphatic carbocycles. The first-order valence-electron chi connectivity index (χ1n) is 10.5. The lowest BCUT2D eigenvalue weighted by Gasteiger charge is -2.31. The fourth-order valence-corrected chi connectivity index (χ4v) is 4.39. The van der Waals surface area contributed by atoms with Gasteiger partial charge in [-0.15, -0.1) is 0 Å². The van der Waals surface area contributed by atoms with Gasteiger partial charge in [0.05, 0.1) is 0 Å². The van der Waals surface area contributed by atoms with Crippen molar-refractivity contribution in [1.82, 2.24) is 14.9 Å². The van der Waals surface area contributed by atoms with Gasteiger partial charge in [-0.05, 0) is 31.7 Å². The molecule has 2 aliphatic heterocycles. The summed E-state index contributed by atoms with van der Waals surface area (Å²) in [5.74, 6) is 2.54. The van der Waals surface area contributed by atoms with Gasteiger partial charge in [0.1, 0.15) is 11.6 Å². The fourth-order valence-electron chi connectivity index (χ4n) is 4.39. The lowest BCUT2D eigenvalue weighted by atomic mass is 10.0. The number of hydrogen-bond donors (Lipinski definition) is 0. The van der Waals surface area contributed by atoms with Gasteiger partial charge in [0.15, 0.2) is 0 Å². The van der Waals surface area contributed by atoms with Gasteiger partial charge in [-0.25, -0.2) is 9.97 Å². The van der Waals surface area contributed by atoms with Crippen LogP contribution in [0, 0.1) is 12.8 Å². The van der Waals surface area contributed by atoms with Crippen LogP contribution in [0.1, 0.15) is 55.3 Å². The molecule has 1 aromatic heterocycles. The molecule has 0 N–H and O–H groups in total. The van der Waals surface area contributed by atoms with Crippen molar-refractivity contribution in [2.75, 3.05) is 24.5 Å². The zero-order valence-corrected chi connectivity index (χ0v) is 17.2. The second-order valence-electron chi connectivity index (χ2n) is 8.40. The van der Waals surface area contributed by atoms with Crippen molar-refractivity contribution in [2.45, 2.75) is 52.5 Å². The van der Waals surface area contributed by atoms with Crippen LogP contribution in [0.2, 0.25) is 0 Å². The summed E-state index contributed by atoms with van der Waals surface area (Å²) < 4.78 is 0. The molecular weight excluding hydrogens is 348 g/mol. The van der Waals surface area contributed by atoms with Crippen LogP contribution in [0.5, 0.6) is 0 Å². The molecule has 0 unspecified atom stereocenters. The number of nitrogens with zero attached hydrogens (tertiary/aromatic N) is 4. The lowest BCUT2D eigenvalue weighted by molar-refractivity contribution is -0.133. The van der Waals surface area contributed by atoms with Crippen LogP contribution >= 0.6 is 0 Å². The number of carbonyl (C=O) groups excluding carboxylic acids is 1. The molecular formula is C23H30N4O. The van der Waals surface area contributed by atoms with Crippen molar-refractivity contribution in [3.8, 4) is 0 Å². The maximum absolute atomic E-state index is 12.4. The van der Waals surface area contributed by atoms with E-state index in [1.807, 2.05) is 18.7 Å². The van der Waals surface area contributed by atoms with E-state index in [1.54, 1.807) is 0 Å². The van der Waals surface area contributed by atoms with Crippen molar-refractivity contribution in [3.63, 3.8) is 0 Å². The molecule has 2 aliphatic rings. The van der Waals surface area contributed by atoms with Gasteiger partial charge in [-0.3, -0.25) is 4.79 Å². The molecule has 1 amide bonds. The second-order valence-corrected chi connectivity index (χ2v) is 8.40. The molecule has 0 spiro atoms. The number of aromatic nitrogens is 2. The van der Waals surface area contributed by atoms with Gasteiger partial charge >= 0.3 is 0 Å². The molecule has 3 heterocycles. The molecule has 148 valence electrons. The first kappa shape index (κ1) is 18.9. The van der Waals surface area contributed by atoms with E-state index in [2.05, 4.69) is 42.2 Å². The van der Waals surface area contributed by atoms with Crippen molar-refractivity contribution >= 4 is 11.7 Å². The number of likely N-dealkylation sites (tertiary alicyclic amines) is 1. The third-order valence-electron chi connectivity index (χ3n) is 5.94. The Kier molecular flexibility index (Phi) is 5.33. The van der Waals surface area contributed by atoms with E-state index in [0.29, 0.717) is 0 Å². The van der Waals surface area contributed by atoms with Crippen LogP contribution in [0.15, 0.2) is 30.3 Å². The summed E-state index contributed by atoms with van der Waals surface area (Å²) in [6.45, 7) is 9.52. The zero-order chi connectivity index (χ0) is 19.7. The van der Waals surface area contributed by atoms with Crippen molar-refractivity contribution in [2.24, 2.45) is 5.92 Å². The van der Waals surface area contributed by atoms with E-state index in [0.717, 1.165) is 62.8 Å². The van der Waals surface area contributed by atoms with Gasteiger partial charge in [-0.2, -0.15) is 0 Å². The predicted molar refractivity (Wildman–Crippen MR) is 111 cm³/mol. The topological polar surface area (TPSA) is 49.3 Å². The molecule has 4 rings (SSSR count). The van der Waals surface area contributed by atoms with E-state index in [9.17, 15) is 4.79 Å². The lowest BCUT2D eigenvalue weighted by Crippen LogP contribution is -2.33. The van der Waals surface area contributed by atoms with E-state index < -0.39 is 0 Å². The number of aryl methyl sites for hydroxylation is 1. The number of hydrogen-bond acceptors (Lipinski definition) is 4. The van der Waals surface area contributed by atoms with E-state index in [1.165, 1.54) is 11.1 Å². The molecule has 1 fully saturated rings. The van der Waals surface area contributed by atoms with E-state index in [4.69, 9.17) is 9.97 Å². The standard InChI is InChI=1S/C23H30N4O/c1-16(2)23(28)27-13-11-19(15-27)21-24-17(3)20-10-7-12-26(22(20)25-21)14-18-8-5-4-6-9-18/h4-6,8-9,16,19H,7,10-15H2,1-3H3/t19-/m0/s1. The first-order chi connectivity index (χ1) is 13.5. The highest BCUT2D eigenvalue weighted by atomic mass is 16.2. The first-order valence-corrected chi connectivity index (χ1v) is 10.5. The number of carbonyl (C=O) groups is 1.